The van der Waals surface area contributed by atoms with Crippen LogP contribution in [0.15, 0.2) is 0 Å². The fourth-order valence-corrected chi connectivity index (χ4v) is 3.21. The van der Waals surface area contributed by atoms with E-state index in [1.54, 1.807) is 0 Å². The van der Waals surface area contributed by atoms with Gasteiger partial charge in [-0.05, 0) is 50.4 Å². The van der Waals surface area contributed by atoms with Crippen LogP contribution < -0.4 is 0 Å². The molecule has 0 bridgehead atoms. The number of hydrogen-bond acceptors (Lipinski definition) is 1. The lowest BCUT2D eigenvalue weighted by Crippen LogP contribution is -2.41. The highest BCUT2D eigenvalue weighted by Gasteiger charge is 2.57. The quantitative estimate of drug-likeness (QED) is 0.640. The van der Waals surface area contributed by atoms with Crippen molar-refractivity contribution < 1.29 is 0 Å². The van der Waals surface area contributed by atoms with E-state index in [4.69, 9.17) is 0 Å². The van der Waals surface area contributed by atoms with Gasteiger partial charge in [0.2, 0.25) is 0 Å². The number of hydrogen-bond donors (Lipinski definition) is 0. The first-order valence-electron chi connectivity index (χ1n) is 6.43. The Morgan fingerprint density at radius 3 is 1.73 bits per heavy atom. The van der Waals surface area contributed by atoms with Crippen LogP contribution in [0, 0.1) is 23.2 Å². The summed E-state index contributed by atoms with van der Waals surface area (Å²) >= 11 is 0. The highest BCUT2D eigenvalue weighted by Crippen LogP contribution is 2.57. The Labute approximate surface area is 95.2 Å². The first-order chi connectivity index (χ1) is 6.68. The molecule has 1 unspecified atom stereocenters. The molecule has 0 aromatic rings. The highest BCUT2D eigenvalue weighted by molar-refractivity contribution is 5.07. The first kappa shape index (κ1) is 11.4. The molecule has 0 radical (unpaired) electrons. The number of nitrogens with zero attached hydrogens (tertiary/aromatic N) is 1. The van der Waals surface area contributed by atoms with Gasteiger partial charge < -0.3 is 0 Å². The average molecular weight is 209 g/mol. The Hall–Kier alpha value is -0.0400. The maximum absolute atomic E-state index is 2.67. The Morgan fingerprint density at radius 2 is 1.40 bits per heavy atom. The summed E-state index contributed by atoms with van der Waals surface area (Å²) in [5.74, 6) is 3.11. The fourth-order valence-electron chi connectivity index (χ4n) is 3.21. The van der Waals surface area contributed by atoms with Crippen molar-refractivity contribution >= 4 is 0 Å². The monoisotopic (exact) mass is 209 g/mol. The number of rotatable bonds is 1. The predicted octanol–water partition coefficient (Wildman–Crippen LogP) is 3.40. The second-order valence-electron chi connectivity index (χ2n) is 7.83. The van der Waals surface area contributed by atoms with Crippen LogP contribution >= 0.6 is 0 Å². The smallest absolute Gasteiger partial charge is 0.0125 e. The molecule has 1 aliphatic carbocycles. The molecule has 0 N–H and O–H groups in total. The molecule has 0 amide bonds. The highest BCUT2D eigenvalue weighted by atomic mass is 15.2. The molecule has 88 valence electrons. The van der Waals surface area contributed by atoms with Crippen LogP contribution in [0.5, 0.6) is 0 Å². The Kier molecular flexibility index (Phi) is 2.46. The molecule has 0 aromatic heterocycles. The summed E-state index contributed by atoms with van der Waals surface area (Å²) < 4.78 is 0. The Morgan fingerprint density at radius 1 is 0.933 bits per heavy atom. The summed E-state index contributed by atoms with van der Waals surface area (Å²) in [5, 5.41) is 0. The maximum atomic E-state index is 2.67. The van der Waals surface area contributed by atoms with E-state index in [0.717, 1.165) is 17.8 Å². The molecule has 1 saturated carbocycles. The molecule has 1 aliphatic heterocycles. The van der Waals surface area contributed by atoms with Crippen LogP contribution in [0.25, 0.3) is 0 Å². The molecule has 2 rings (SSSR count). The van der Waals surface area contributed by atoms with Gasteiger partial charge in [0.15, 0.2) is 0 Å². The number of piperidine rings is 1. The third-order valence-corrected chi connectivity index (χ3v) is 4.17. The van der Waals surface area contributed by atoms with E-state index in [0.29, 0.717) is 11.0 Å². The third-order valence-electron chi connectivity index (χ3n) is 4.17. The second kappa shape index (κ2) is 3.23. The van der Waals surface area contributed by atoms with Crippen molar-refractivity contribution in [3.8, 4) is 0 Å². The number of fused-ring (bicyclic) bond motifs is 1. The molecule has 2 aliphatic rings. The van der Waals surface area contributed by atoms with Gasteiger partial charge in [0.05, 0.1) is 0 Å². The van der Waals surface area contributed by atoms with Crippen LogP contribution in [0.2, 0.25) is 0 Å². The van der Waals surface area contributed by atoms with Crippen molar-refractivity contribution in [2.24, 2.45) is 23.2 Å². The van der Waals surface area contributed by atoms with Gasteiger partial charge in [-0.15, -0.1) is 0 Å². The Balaban J connectivity index is 1.84. The van der Waals surface area contributed by atoms with Gasteiger partial charge in [-0.1, -0.05) is 20.8 Å². The topological polar surface area (TPSA) is 3.24 Å². The van der Waals surface area contributed by atoms with Gasteiger partial charge in [0, 0.05) is 18.6 Å². The predicted molar refractivity (Wildman–Crippen MR) is 65.9 cm³/mol. The largest absolute Gasteiger partial charge is 0.298 e. The van der Waals surface area contributed by atoms with Crippen molar-refractivity contribution in [2.45, 2.75) is 53.5 Å². The summed E-state index contributed by atoms with van der Waals surface area (Å²) in [6.45, 7) is 16.9. The number of likely N-dealkylation sites (tertiary alicyclic amines) is 1. The van der Waals surface area contributed by atoms with Gasteiger partial charge in [0.1, 0.15) is 0 Å². The summed E-state index contributed by atoms with van der Waals surface area (Å²) in [7, 11) is 0. The molecular formula is C14H27N. The summed E-state index contributed by atoms with van der Waals surface area (Å²) in [4.78, 5) is 2.67. The summed E-state index contributed by atoms with van der Waals surface area (Å²) in [5.41, 5.74) is 0.918. The molecule has 1 nitrogen and oxygen atoms in total. The van der Waals surface area contributed by atoms with E-state index in [2.05, 4.69) is 46.4 Å². The minimum Gasteiger partial charge on any atom is -0.298 e. The zero-order valence-electron chi connectivity index (χ0n) is 11.3. The fraction of sp³-hybridized carbons (Fsp3) is 1.00. The van der Waals surface area contributed by atoms with E-state index < -0.39 is 0 Å². The zero-order chi connectivity index (χ0) is 11.4. The minimum atomic E-state index is 0.389. The lowest BCUT2D eigenvalue weighted by Gasteiger charge is -2.34. The Bertz CT molecular complexity index is 231. The van der Waals surface area contributed by atoms with Crippen LogP contribution in [0.1, 0.15) is 48.0 Å². The molecule has 3 atom stereocenters. The molecule has 15 heavy (non-hydrogen) atoms. The van der Waals surface area contributed by atoms with E-state index in [-0.39, 0.29) is 0 Å². The van der Waals surface area contributed by atoms with Crippen molar-refractivity contribution in [2.75, 3.05) is 13.1 Å². The van der Waals surface area contributed by atoms with Gasteiger partial charge in [-0.3, -0.25) is 4.90 Å². The molecule has 1 saturated heterocycles. The lowest BCUT2D eigenvalue weighted by atomic mass is 9.88. The van der Waals surface area contributed by atoms with Crippen molar-refractivity contribution in [3.63, 3.8) is 0 Å². The van der Waals surface area contributed by atoms with Gasteiger partial charge in [-0.25, -0.2) is 0 Å². The standard InChI is InChI=1S/C14H27N/c1-13(2,3)7-10-11-8-15(9-12(10)11)14(4,5)6/h10-12H,7-9H2,1-6H3/t10?,11-,12+. The molecule has 1 heteroatoms. The first-order valence-corrected chi connectivity index (χ1v) is 6.43. The summed E-state index contributed by atoms with van der Waals surface area (Å²) in [6.07, 6.45) is 1.43. The second-order valence-corrected chi connectivity index (χ2v) is 7.83. The summed E-state index contributed by atoms with van der Waals surface area (Å²) in [6, 6.07) is 0. The van der Waals surface area contributed by atoms with Crippen molar-refractivity contribution in [1.82, 2.24) is 4.90 Å². The molecule has 0 aromatic carbocycles. The van der Waals surface area contributed by atoms with Crippen LogP contribution in [-0.2, 0) is 0 Å². The molecule has 2 fully saturated rings. The van der Waals surface area contributed by atoms with Crippen molar-refractivity contribution in [1.29, 1.82) is 0 Å². The molecule has 0 spiro atoms. The van der Waals surface area contributed by atoms with Crippen molar-refractivity contribution in [3.05, 3.63) is 0 Å². The average Bonchev–Trinajstić information content (AvgIpc) is 2.50. The molecular weight excluding hydrogens is 182 g/mol. The van der Waals surface area contributed by atoms with E-state index in [9.17, 15) is 0 Å². The maximum Gasteiger partial charge on any atom is 0.0125 e. The normalized spacial score (nSPS) is 36.8. The zero-order valence-corrected chi connectivity index (χ0v) is 11.3. The van der Waals surface area contributed by atoms with Gasteiger partial charge in [-0.2, -0.15) is 0 Å². The van der Waals surface area contributed by atoms with E-state index in [1.165, 1.54) is 19.5 Å². The van der Waals surface area contributed by atoms with E-state index >= 15 is 0 Å². The van der Waals surface area contributed by atoms with E-state index in [1.807, 2.05) is 0 Å². The SMILES string of the molecule is CC(C)(C)CC1[C@H]2CN(C(C)(C)C)C[C@@H]12. The minimum absolute atomic E-state index is 0.389. The van der Waals surface area contributed by atoms with Crippen LogP contribution in [0.4, 0.5) is 0 Å². The third kappa shape index (κ3) is 2.38. The van der Waals surface area contributed by atoms with Gasteiger partial charge >= 0.3 is 0 Å². The lowest BCUT2D eigenvalue weighted by molar-refractivity contribution is 0.141. The van der Waals surface area contributed by atoms with Gasteiger partial charge in [0.25, 0.3) is 0 Å². The van der Waals surface area contributed by atoms with Crippen LogP contribution in [-0.4, -0.2) is 23.5 Å². The van der Waals surface area contributed by atoms with Crippen LogP contribution in [0.3, 0.4) is 0 Å². The molecule has 1 heterocycles.